The van der Waals surface area contributed by atoms with Gasteiger partial charge >= 0.3 is 0 Å². The quantitative estimate of drug-likeness (QED) is 0.727. The van der Waals surface area contributed by atoms with Crippen molar-refractivity contribution in [2.45, 2.75) is 51.1 Å². The van der Waals surface area contributed by atoms with Gasteiger partial charge in [0.15, 0.2) is 0 Å². The second kappa shape index (κ2) is 5.64. The number of primary amides is 1. The normalized spacial score (nSPS) is 23.3. The molecule has 1 fully saturated rings. The number of nitrogens with one attached hydrogen (secondary N) is 1. The first-order valence-electron chi connectivity index (χ1n) is 6.14. The molecule has 16 heavy (non-hydrogen) atoms. The van der Waals surface area contributed by atoms with Crippen molar-refractivity contribution < 1.29 is 4.79 Å². The van der Waals surface area contributed by atoms with E-state index in [0.29, 0.717) is 12.5 Å². The Morgan fingerprint density at radius 2 is 2.19 bits per heavy atom. The Hall–Kier alpha value is -0.610. The summed E-state index contributed by atoms with van der Waals surface area (Å²) in [5, 5.41) is 3.45. The van der Waals surface area contributed by atoms with Crippen molar-refractivity contribution >= 4 is 5.91 Å². The van der Waals surface area contributed by atoms with Crippen molar-refractivity contribution in [1.82, 2.24) is 10.2 Å². The highest BCUT2D eigenvalue weighted by atomic mass is 16.1. The summed E-state index contributed by atoms with van der Waals surface area (Å²) in [6.45, 7) is 6.18. The van der Waals surface area contributed by atoms with Crippen LogP contribution in [0.4, 0.5) is 0 Å². The highest BCUT2D eigenvalue weighted by Crippen LogP contribution is 2.15. The molecule has 1 aliphatic rings. The van der Waals surface area contributed by atoms with Crippen LogP contribution in [-0.4, -0.2) is 42.5 Å². The van der Waals surface area contributed by atoms with E-state index >= 15 is 0 Å². The molecule has 0 aromatic carbocycles. The van der Waals surface area contributed by atoms with Gasteiger partial charge in [-0.25, -0.2) is 0 Å². The van der Waals surface area contributed by atoms with Crippen molar-refractivity contribution in [3.63, 3.8) is 0 Å². The first kappa shape index (κ1) is 13.5. The maximum absolute atomic E-state index is 10.9. The predicted molar refractivity (Wildman–Crippen MR) is 66.2 cm³/mol. The number of likely N-dealkylation sites (tertiary alicyclic amines) is 1. The molecule has 3 N–H and O–H groups in total. The van der Waals surface area contributed by atoms with Crippen LogP contribution < -0.4 is 11.1 Å². The van der Waals surface area contributed by atoms with Crippen molar-refractivity contribution in [2.24, 2.45) is 5.73 Å². The zero-order chi connectivity index (χ0) is 12.2. The smallest absolute Gasteiger partial charge is 0.219 e. The van der Waals surface area contributed by atoms with Gasteiger partial charge in [0.05, 0.1) is 0 Å². The number of hydrogen-bond acceptors (Lipinski definition) is 3. The van der Waals surface area contributed by atoms with Gasteiger partial charge in [-0.05, 0) is 40.3 Å². The molecule has 94 valence electrons. The van der Waals surface area contributed by atoms with Gasteiger partial charge in [0.1, 0.15) is 0 Å². The Kier molecular flexibility index (Phi) is 4.74. The van der Waals surface area contributed by atoms with Gasteiger partial charge in [0.25, 0.3) is 0 Å². The number of amides is 1. The average Bonchev–Trinajstić information content (AvgIpc) is 2.14. The second-order valence-electron chi connectivity index (χ2n) is 5.54. The van der Waals surface area contributed by atoms with Crippen molar-refractivity contribution in [3.05, 3.63) is 0 Å². The van der Waals surface area contributed by atoms with Gasteiger partial charge in [-0.1, -0.05) is 6.42 Å². The van der Waals surface area contributed by atoms with E-state index in [1.165, 1.54) is 25.8 Å². The fourth-order valence-electron chi connectivity index (χ4n) is 2.29. The molecule has 0 bridgehead atoms. The standard InChI is InChI=1S/C12H25N3O/c1-12(2,8-11(13)16)14-9-10-6-4-5-7-15(10)3/h10,14H,4-9H2,1-3H3,(H2,13,16). The summed E-state index contributed by atoms with van der Waals surface area (Å²) in [4.78, 5) is 13.3. The highest BCUT2D eigenvalue weighted by molar-refractivity contribution is 5.74. The van der Waals surface area contributed by atoms with E-state index in [1.54, 1.807) is 0 Å². The van der Waals surface area contributed by atoms with Crippen LogP contribution in [0.25, 0.3) is 0 Å². The summed E-state index contributed by atoms with van der Waals surface area (Å²) < 4.78 is 0. The van der Waals surface area contributed by atoms with E-state index in [9.17, 15) is 4.79 Å². The van der Waals surface area contributed by atoms with Gasteiger partial charge in [0.2, 0.25) is 5.91 Å². The Bertz CT molecular complexity index is 240. The largest absolute Gasteiger partial charge is 0.370 e. The SMILES string of the molecule is CN1CCCCC1CNC(C)(C)CC(N)=O. The maximum Gasteiger partial charge on any atom is 0.219 e. The molecule has 4 nitrogen and oxygen atoms in total. The number of carbonyl (C=O) groups excluding carboxylic acids is 1. The van der Waals surface area contributed by atoms with Crippen LogP contribution in [0.2, 0.25) is 0 Å². The molecule has 0 aromatic heterocycles. The summed E-state index contributed by atoms with van der Waals surface area (Å²) >= 11 is 0. The van der Waals surface area contributed by atoms with Gasteiger partial charge in [0, 0.05) is 24.5 Å². The van der Waals surface area contributed by atoms with E-state index < -0.39 is 0 Å². The van der Waals surface area contributed by atoms with E-state index in [0.717, 1.165) is 6.54 Å². The molecule has 1 aliphatic heterocycles. The minimum absolute atomic E-state index is 0.190. The van der Waals surface area contributed by atoms with Crippen LogP contribution in [0.1, 0.15) is 39.5 Å². The van der Waals surface area contributed by atoms with E-state index in [4.69, 9.17) is 5.73 Å². The summed E-state index contributed by atoms with van der Waals surface area (Å²) in [5.74, 6) is -0.241. The fourth-order valence-corrected chi connectivity index (χ4v) is 2.29. The van der Waals surface area contributed by atoms with Gasteiger partial charge in [-0.2, -0.15) is 0 Å². The minimum atomic E-state index is -0.241. The third-order valence-corrected chi connectivity index (χ3v) is 3.35. The van der Waals surface area contributed by atoms with Crippen LogP contribution in [0.5, 0.6) is 0 Å². The molecular formula is C12H25N3O. The Labute approximate surface area is 98.6 Å². The molecule has 1 heterocycles. The number of carbonyl (C=O) groups is 1. The molecule has 0 saturated carbocycles. The Morgan fingerprint density at radius 3 is 2.75 bits per heavy atom. The number of likely N-dealkylation sites (N-methyl/N-ethyl adjacent to an activating group) is 1. The third-order valence-electron chi connectivity index (χ3n) is 3.35. The lowest BCUT2D eigenvalue weighted by Gasteiger charge is -2.35. The number of nitrogens with zero attached hydrogens (tertiary/aromatic N) is 1. The van der Waals surface area contributed by atoms with Crippen LogP contribution in [0.15, 0.2) is 0 Å². The molecule has 1 saturated heterocycles. The number of hydrogen-bond donors (Lipinski definition) is 2. The summed E-state index contributed by atoms with van der Waals surface area (Å²) in [5.41, 5.74) is 5.03. The minimum Gasteiger partial charge on any atom is -0.370 e. The van der Waals surface area contributed by atoms with Crippen molar-refractivity contribution in [3.8, 4) is 0 Å². The fraction of sp³-hybridized carbons (Fsp3) is 0.917. The topological polar surface area (TPSA) is 58.4 Å². The molecule has 0 spiro atoms. The lowest BCUT2D eigenvalue weighted by atomic mass is 9.97. The lowest BCUT2D eigenvalue weighted by Crippen LogP contribution is -2.50. The van der Waals surface area contributed by atoms with E-state index in [2.05, 4.69) is 17.3 Å². The van der Waals surface area contributed by atoms with E-state index in [1.807, 2.05) is 13.8 Å². The second-order valence-corrected chi connectivity index (χ2v) is 5.54. The zero-order valence-electron chi connectivity index (χ0n) is 10.8. The first-order chi connectivity index (χ1) is 7.41. The first-order valence-corrected chi connectivity index (χ1v) is 6.14. The molecule has 4 heteroatoms. The molecular weight excluding hydrogens is 202 g/mol. The third kappa shape index (κ3) is 4.49. The predicted octanol–water partition coefficient (Wildman–Crippen LogP) is 0.714. The van der Waals surface area contributed by atoms with Crippen molar-refractivity contribution in [2.75, 3.05) is 20.1 Å². The zero-order valence-corrected chi connectivity index (χ0v) is 10.8. The molecule has 1 atom stereocenters. The molecule has 1 amide bonds. The molecule has 0 aliphatic carbocycles. The van der Waals surface area contributed by atoms with Crippen molar-refractivity contribution in [1.29, 1.82) is 0 Å². The summed E-state index contributed by atoms with van der Waals surface area (Å²) in [6.07, 6.45) is 4.25. The highest BCUT2D eigenvalue weighted by Gasteiger charge is 2.24. The van der Waals surface area contributed by atoms with Gasteiger partial charge in [-0.3, -0.25) is 4.79 Å². The van der Waals surface area contributed by atoms with Crippen LogP contribution in [-0.2, 0) is 4.79 Å². The van der Waals surface area contributed by atoms with Crippen LogP contribution >= 0.6 is 0 Å². The Morgan fingerprint density at radius 1 is 1.50 bits per heavy atom. The number of nitrogens with two attached hydrogens (primary N) is 1. The number of piperidine rings is 1. The van der Waals surface area contributed by atoms with Gasteiger partial charge in [-0.15, -0.1) is 0 Å². The average molecular weight is 227 g/mol. The Balaban J connectivity index is 2.34. The molecule has 0 aromatic rings. The monoisotopic (exact) mass is 227 g/mol. The lowest BCUT2D eigenvalue weighted by molar-refractivity contribution is -0.119. The van der Waals surface area contributed by atoms with E-state index in [-0.39, 0.29) is 11.4 Å². The van der Waals surface area contributed by atoms with Gasteiger partial charge < -0.3 is 16.0 Å². The van der Waals surface area contributed by atoms with Crippen LogP contribution in [0.3, 0.4) is 0 Å². The van der Waals surface area contributed by atoms with Crippen LogP contribution in [0, 0.1) is 0 Å². The maximum atomic E-state index is 10.9. The molecule has 1 rings (SSSR count). The summed E-state index contributed by atoms with van der Waals surface area (Å²) in [6, 6.07) is 0.598. The molecule has 0 radical (unpaired) electrons. The summed E-state index contributed by atoms with van der Waals surface area (Å²) in [7, 11) is 2.17. The number of rotatable bonds is 5. The molecule has 1 unspecified atom stereocenters.